The summed E-state index contributed by atoms with van der Waals surface area (Å²) in [7, 11) is 0. The molecular formula is C34H44N4O12. The molecule has 2 fully saturated rings. The van der Waals surface area contributed by atoms with Crippen LogP contribution >= 0.6 is 0 Å². The highest BCUT2D eigenvalue weighted by molar-refractivity contribution is 5.83. The zero-order valence-corrected chi connectivity index (χ0v) is 27.9. The van der Waals surface area contributed by atoms with Gasteiger partial charge in [-0.3, -0.25) is 9.36 Å². The van der Waals surface area contributed by atoms with Crippen molar-refractivity contribution in [3.05, 3.63) is 83.8 Å². The van der Waals surface area contributed by atoms with Crippen LogP contribution in [-0.2, 0) is 33.3 Å². The van der Waals surface area contributed by atoms with Crippen molar-refractivity contribution in [3.8, 4) is 0 Å². The zero-order valence-electron chi connectivity index (χ0n) is 27.9. The van der Waals surface area contributed by atoms with E-state index < -0.39 is 85.5 Å². The number of ether oxygens (including phenoxy) is 5. The molecular weight excluding hydrogens is 656 g/mol. The highest BCUT2D eigenvalue weighted by Gasteiger charge is 2.51. The molecule has 2 aliphatic rings. The number of nitrogens with one attached hydrogen (secondary N) is 1. The smallest absolute Gasteiger partial charge is 0.331 e. The number of aliphatic hydroxyl groups excluding tert-OH is 4. The van der Waals surface area contributed by atoms with Crippen LogP contribution in [0.2, 0.25) is 0 Å². The zero-order chi connectivity index (χ0) is 36.2. The summed E-state index contributed by atoms with van der Waals surface area (Å²) in [5.74, 6) is -1.24. The summed E-state index contributed by atoms with van der Waals surface area (Å²) in [5, 5.41) is 42.4. The number of rotatable bonds is 15. The van der Waals surface area contributed by atoms with E-state index in [0.717, 1.165) is 18.9 Å². The van der Waals surface area contributed by atoms with Crippen molar-refractivity contribution in [2.45, 2.75) is 101 Å². The van der Waals surface area contributed by atoms with Gasteiger partial charge in [0.25, 0.3) is 5.56 Å². The van der Waals surface area contributed by atoms with Gasteiger partial charge in [0.05, 0.1) is 25.4 Å². The third-order valence-electron chi connectivity index (χ3n) is 7.85. The lowest BCUT2D eigenvalue weighted by molar-refractivity contribution is -0.314. The Balaban J connectivity index is 1.27. The van der Waals surface area contributed by atoms with Crippen LogP contribution in [0.15, 0.2) is 78.2 Å². The third kappa shape index (κ3) is 9.91. The number of allylic oxidation sites excluding steroid dienone is 7. The third-order valence-corrected chi connectivity index (χ3v) is 7.85. The Hall–Kier alpha value is -4.29. The highest BCUT2D eigenvalue weighted by Crippen LogP contribution is 2.36. The van der Waals surface area contributed by atoms with E-state index in [-0.39, 0.29) is 11.2 Å². The van der Waals surface area contributed by atoms with Crippen LogP contribution in [0.1, 0.15) is 46.3 Å². The number of unbranched alkanes of at least 4 members (excludes halogenated alkanes) is 1. The first-order chi connectivity index (χ1) is 24.0. The van der Waals surface area contributed by atoms with Crippen LogP contribution in [0.25, 0.3) is 11.2 Å². The van der Waals surface area contributed by atoms with E-state index in [0.29, 0.717) is 6.42 Å². The van der Waals surface area contributed by atoms with Gasteiger partial charge in [0.15, 0.2) is 29.8 Å². The molecule has 16 nitrogen and oxygen atoms in total. The maximum Gasteiger partial charge on any atom is 0.331 e. The van der Waals surface area contributed by atoms with Gasteiger partial charge < -0.3 is 49.1 Å². The first-order valence-electron chi connectivity index (χ1n) is 16.3. The number of H-pyrrole nitrogens is 1. The van der Waals surface area contributed by atoms with Gasteiger partial charge in [-0.25, -0.2) is 19.6 Å². The van der Waals surface area contributed by atoms with Crippen LogP contribution in [0.5, 0.6) is 0 Å². The second-order valence-electron chi connectivity index (χ2n) is 11.7. The molecule has 5 N–H and O–H groups in total. The van der Waals surface area contributed by atoms with Crippen LogP contribution < -0.4 is 5.56 Å². The van der Waals surface area contributed by atoms with Crippen molar-refractivity contribution in [1.29, 1.82) is 0 Å². The lowest BCUT2D eigenvalue weighted by atomic mass is 9.99. The largest absolute Gasteiger partial charge is 0.455 e. The molecule has 0 amide bonds. The maximum atomic E-state index is 12.5. The number of esters is 2. The molecule has 272 valence electrons. The molecule has 4 rings (SSSR count). The van der Waals surface area contributed by atoms with E-state index in [4.69, 9.17) is 23.7 Å². The Bertz CT molecular complexity index is 1630. The van der Waals surface area contributed by atoms with Gasteiger partial charge >= 0.3 is 11.9 Å². The predicted molar refractivity (Wildman–Crippen MR) is 177 cm³/mol. The molecule has 2 saturated heterocycles. The van der Waals surface area contributed by atoms with E-state index in [2.05, 4.69) is 21.9 Å². The molecule has 2 aliphatic heterocycles. The molecule has 2 aromatic rings. The minimum atomic E-state index is -1.72. The summed E-state index contributed by atoms with van der Waals surface area (Å²) in [6, 6.07) is 0. The Kier molecular flexibility index (Phi) is 14.4. The molecule has 10 atom stereocenters. The van der Waals surface area contributed by atoms with Crippen molar-refractivity contribution in [2.75, 3.05) is 6.61 Å². The van der Waals surface area contributed by atoms with Gasteiger partial charge in [0.1, 0.15) is 36.6 Å². The second kappa shape index (κ2) is 18.6. The maximum absolute atomic E-state index is 12.5. The average molecular weight is 701 g/mol. The second-order valence-corrected chi connectivity index (χ2v) is 11.7. The van der Waals surface area contributed by atoms with Gasteiger partial charge in [-0.1, -0.05) is 55.9 Å². The molecule has 0 aromatic carbocycles. The molecule has 0 spiro atoms. The number of aromatic nitrogens is 4. The molecule has 16 heteroatoms. The summed E-state index contributed by atoms with van der Waals surface area (Å²) in [5.41, 5.74) is -0.378. The summed E-state index contributed by atoms with van der Waals surface area (Å²) < 4.78 is 29.4. The van der Waals surface area contributed by atoms with Crippen LogP contribution in [0.3, 0.4) is 0 Å². The van der Waals surface area contributed by atoms with E-state index in [1.807, 2.05) is 6.08 Å². The van der Waals surface area contributed by atoms with E-state index in [1.165, 1.54) is 36.3 Å². The predicted octanol–water partition coefficient (Wildman–Crippen LogP) is 1.04. The van der Waals surface area contributed by atoms with E-state index >= 15 is 0 Å². The minimum Gasteiger partial charge on any atom is -0.455 e. The number of hydrogen-bond donors (Lipinski definition) is 5. The van der Waals surface area contributed by atoms with Gasteiger partial charge in [0, 0.05) is 12.2 Å². The molecule has 2 aromatic heterocycles. The number of nitrogens with zero attached hydrogens (tertiary/aromatic N) is 3. The van der Waals surface area contributed by atoms with Gasteiger partial charge in [-0.05, 0) is 32.8 Å². The standard InChI is InChI=1S/C34H44N4O12/c1-4-5-6-8-12-15-23(40)46-20(2)14-11-9-7-10-13-16-24(41)49-29-21(3)47-34(28(44)27(29)43)50-30-26(42)22(17-39)48-33(30)38-19-37-25-31(38)35-18-36-32(25)45/h6-8,10-16,18-22,26-30,33-34,39,42-44H,4-5,9,17H2,1-3H3,(H,35,36,45)/b8-6-,10-7+,14-11-,15-12+,16-13+/t20-,21-,22+,26+,27-,28-,29+,30+,33+,34-/m0/s1. The van der Waals surface area contributed by atoms with Gasteiger partial charge in [-0.2, -0.15) is 0 Å². The Morgan fingerprint density at radius 3 is 2.48 bits per heavy atom. The monoisotopic (exact) mass is 700 g/mol. The number of hydrogen-bond acceptors (Lipinski definition) is 14. The fourth-order valence-corrected chi connectivity index (χ4v) is 5.28. The van der Waals surface area contributed by atoms with Gasteiger partial charge in [0.2, 0.25) is 0 Å². The average Bonchev–Trinajstić information content (AvgIpc) is 3.66. The van der Waals surface area contributed by atoms with Crippen molar-refractivity contribution >= 4 is 23.1 Å². The summed E-state index contributed by atoms with van der Waals surface area (Å²) in [6.45, 7) is 4.74. The summed E-state index contributed by atoms with van der Waals surface area (Å²) >= 11 is 0. The Labute approximate surface area is 288 Å². The number of carbonyl (C=O) groups excluding carboxylic acids is 2. The minimum absolute atomic E-state index is 0.00465. The number of aliphatic hydroxyl groups is 4. The summed E-state index contributed by atoms with van der Waals surface area (Å²) in [4.78, 5) is 47.0. The molecule has 50 heavy (non-hydrogen) atoms. The molecule has 0 aliphatic carbocycles. The molecule has 0 radical (unpaired) electrons. The van der Waals surface area contributed by atoms with Crippen molar-refractivity contribution in [3.63, 3.8) is 0 Å². The SMILES string of the molecule is CCC/C=C\C=C\C(=O)O[C@@H](C)/C=C\C/C=C/C=C/C(=O)O[C@H]1[C@@H](O)[C@H](O)[C@H](O[C@@H]2[C@H](O)[C@@H](CO)O[C@H]2n2cnc3c(=O)[nH]cnc32)O[C@H]1C. The number of fused-ring (bicyclic) bond motifs is 1. The normalized spacial score (nSPS) is 29.7. The Morgan fingerprint density at radius 2 is 1.74 bits per heavy atom. The lowest BCUT2D eigenvalue weighted by Gasteiger charge is -2.41. The fourth-order valence-electron chi connectivity index (χ4n) is 5.28. The van der Waals surface area contributed by atoms with E-state index in [9.17, 15) is 34.8 Å². The topological polar surface area (TPSA) is 225 Å². The first kappa shape index (κ1) is 38.5. The molecule has 0 bridgehead atoms. The summed E-state index contributed by atoms with van der Waals surface area (Å²) in [6.07, 6.45) is 8.75. The molecule has 4 heterocycles. The first-order valence-corrected chi connectivity index (χ1v) is 16.3. The van der Waals surface area contributed by atoms with Crippen LogP contribution in [0, 0.1) is 0 Å². The van der Waals surface area contributed by atoms with Crippen LogP contribution in [0.4, 0.5) is 0 Å². The number of carbonyl (C=O) groups is 2. The van der Waals surface area contributed by atoms with Crippen molar-refractivity contribution in [1.82, 2.24) is 19.5 Å². The molecule has 0 unspecified atom stereocenters. The Morgan fingerprint density at radius 1 is 1.00 bits per heavy atom. The highest BCUT2D eigenvalue weighted by atomic mass is 16.7. The quantitative estimate of drug-likeness (QED) is 0.0758. The molecule has 0 saturated carbocycles. The van der Waals surface area contributed by atoms with Gasteiger partial charge in [-0.15, -0.1) is 0 Å². The van der Waals surface area contributed by atoms with Crippen LogP contribution in [-0.4, -0.2) is 114 Å². The van der Waals surface area contributed by atoms with Crippen molar-refractivity contribution < 1.29 is 53.7 Å². The number of aromatic amines is 1. The van der Waals surface area contributed by atoms with E-state index in [1.54, 1.807) is 43.4 Å². The number of imidazole rings is 1. The fraction of sp³-hybridized carbons (Fsp3) is 0.500. The van der Waals surface area contributed by atoms with Crippen molar-refractivity contribution in [2.24, 2.45) is 0 Å². The lowest BCUT2D eigenvalue weighted by Crippen LogP contribution is -2.59.